The molecule has 0 fully saturated rings. The van der Waals surface area contributed by atoms with Crippen molar-refractivity contribution in [3.05, 3.63) is 11.6 Å². The van der Waals surface area contributed by atoms with Crippen molar-refractivity contribution in [3.63, 3.8) is 0 Å². The predicted octanol–water partition coefficient (Wildman–Crippen LogP) is 1.14. The summed E-state index contributed by atoms with van der Waals surface area (Å²) < 4.78 is 0. The van der Waals surface area contributed by atoms with Crippen LogP contribution >= 0.6 is 0 Å². The topological polar surface area (TPSA) is 87.7 Å². The van der Waals surface area contributed by atoms with Crippen LogP contribution in [0.25, 0.3) is 0 Å². The van der Waals surface area contributed by atoms with Gasteiger partial charge in [0.05, 0.1) is 11.3 Å². The summed E-state index contributed by atoms with van der Waals surface area (Å²) in [4.78, 5) is 10.6. The number of nitrogens with one attached hydrogen (secondary N) is 1. The minimum atomic E-state index is -0.745. The van der Waals surface area contributed by atoms with Crippen molar-refractivity contribution in [1.82, 2.24) is 5.43 Å². The zero-order chi connectivity index (χ0) is 12.3. The number of rotatable bonds is 2. The van der Waals surface area contributed by atoms with Crippen LogP contribution in [0.2, 0.25) is 0 Å². The molecule has 0 bridgehead atoms. The molecule has 0 radical (unpaired) electrons. The molecule has 1 atom stereocenters. The summed E-state index contributed by atoms with van der Waals surface area (Å²) in [5.74, 6) is 0.115. The zero-order valence-corrected chi connectivity index (χ0v) is 9.95. The van der Waals surface area contributed by atoms with E-state index >= 15 is 0 Å². The molecule has 0 spiro atoms. The Morgan fingerprint density at radius 3 is 2.81 bits per heavy atom. The highest BCUT2D eigenvalue weighted by Crippen LogP contribution is 2.30. The molecule has 0 aromatic rings. The molecule has 0 saturated carbocycles. The van der Waals surface area contributed by atoms with Gasteiger partial charge in [0.15, 0.2) is 0 Å². The summed E-state index contributed by atoms with van der Waals surface area (Å²) in [6.07, 6.45) is 3.49. The van der Waals surface area contributed by atoms with Crippen LogP contribution in [0.1, 0.15) is 33.6 Å². The van der Waals surface area contributed by atoms with Crippen molar-refractivity contribution in [2.24, 2.45) is 16.8 Å². The van der Waals surface area contributed by atoms with Gasteiger partial charge in [0.2, 0.25) is 0 Å². The SMILES string of the molecule is CC1=CC[C@@H](C(C)(C)O)C/C1=N\NC(N)=O. The van der Waals surface area contributed by atoms with Crippen molar-refractivity contribution in [3.8, 4) is 0 Å². The Kier molecular flexibility index (Phi) is 3.70. The van der Waals surface area contributed by atoms with Crippen LogP contribution in [-0.2, 0) is 0 Å². The van der Waals surface area contributed by atoms with E-state index in [0.29, 0.717) is 6.42 Å². The molecule has 0 heterocycles. The number of aliphatic hydroxyl groups is 1. The molecule has 1 aliphatic carbocycles. The first kappa shape index (κ1) is 12.7. The van der Waals surface area contributed by atoms with Crippen LogP contribution in [0.15, 0.2) is 16.8 Å². The Labute approximate surface area is 95.4 Å². The molecule has 4 N–H and O–H groups in total. The highest BCUT2D eigenvalue weighted by atomic mass is 16.3. The lowest BCUT2D eigenvalue weighted by atomic mass is 9.79. The highest BCUT2D eigenvalue weighted by molar-refractivity contribution is 6.00. The normalized spacial score (nSPS) is 24.1. The molecule has 16 heavy (non-hydrogen) atoms. The first-order valence-corrected chi connectivity index (χ1v) is 5.32. The second-order valence-electron chi connectivity index (χ2n) is 4.71. The van der Waals surface area contributed by atoms with Crippen LogP contribution in [0.5, 0.6) is 0 Å². The van der Waals surface area contributed by atoms with Gasteiger partial charge in [0.25, 0.3) is 0 Å². The fraction of sp³-hybridized carbons (Fsp3) is 0.636. The Morgan fingerprint density at radius 1 is 1.69 bits per heavy atom. The van der Waals surface area contributed by atoms with Crippen LogP contribution in [0, 0.1) is 5.92 Å². The first-order chi connectivity index (χ1) is 7.30. The zero-order valence-electron chi connectivity index (χ0n) is 9.95. The average molecular weight is 225 g/mol. The van der Waals surface area contributed by atoms with Crippen LogP contribution in [0.4, 0.5) is 4.79 Å². The summed E-state index contributed by atoms with van der Waals surface area (Å²) >= 11 is 0. The number of carbonyl (C=O) groups is 1. The molecule has 0 aliphatic heterocycles. The van der Waals surface area contributed by atoms with Crippen LogP contribution in [-0.4, -0.2) is 22.5 Å². The number of carbonyl (C=O) groups excluding carboxylic acids is 1. The van der Waals surface area contributed by atoms with E-state index in [4.69, 9.17) is 5.73 Å². The molecule has 90 valence electrons. The molecular weight excluding hydrogens is 206 g/mol. The van der Waals surface area contributed by atoms with Gasteiger partial charge in [-0.1, -0.05) is 6.08 Å². The van der Waals surface area contributed by atoms with E-state index in [9.17, 15) is 9.90 Å². The minimum absolute atomic E-state index is 0.115. The highest BCUT2D eigenvalue weighted by Gasteiger charge is 2.30. The van der Waals surface area contributed by atoms with Crippen molar-refractivity contribution < 1.29 is 9.90 Å². The molecule has 1 aliphatic rings. The van der Waals surface area contributed by atoms with E-state index in [1.54, 1.807) is 13.8 Å². The number of hydrogen-bond acceptors (Lipinski definition) is 3. The fourth-order valence-corrected chi connectivity index (χ4v) is 1.71. The number of amides is 2. The number of allylic oxidation sites excluding steroid dienone is 2. The summed E-state index contributed by atoms with van der Waals surface area (Å²) in [6, 6.07) is -0.675. The maximum absolute atomic E-state index is 10.6. The molecule has 5 heteroatoms. The fourth-order valence-electron chi connectivity index (χ4n) is 1.71. The van der Waals surface area contributed by atoms with Crippen LogP contribution in [0.3, 0.4) is 0 Å². The molecule has 2 amide bonds. The lowest BCUT2D eigenvalue weighted by molar-refractivity contribution is 0.0204. The van der Waals surface area contributed by atoms with E-state index in [1.165, 1.54) is 0 Å². The van der Waals surface area contributed by atoms with E-state index in [2.05, 4.69) is 10.5 Å². The Bertz CT molecular complexity index is 340. The molecular formula is C11H19N3O2. The van der Waals surface area contributed by atoms with Gasteiger partial charge in [0.1, 0.15) is 0 Å². The maximum Gasteiger partial charge on any atom is 0.332 e. The average Bonchev–Trinajstić information content (AvgIpc) is 2.14. The van der Waals surface area contributed by atoms with E-state index < -0.39 is 11.6 Å². The quantitative estimate of drug-likeness (QED) is 0.615. The van der Waals surface area contributed by atoms with Crippen molar-refractivity contribution in [2.45, 2.75) is 39.2 Å². The van der Waals surface area contributed by atoms with E-state index in [0.717, 1.165) is 17.7 Å². The summed E-state index contributed by atoms with van der Waals surface area (Å²) in [5.41, 5.74) is 8.22. The van der Waals surface area contributed by atoms with Gasteiger partial charge in [-0.25, -0.2) is 10.2 Å². The van der Waals surface area contributed by atoms with Crippen LogP contribution < -0.4 is 11.2 Å². The molecule has 0 unspecified atom stereocenters. The number of nitrogens with two attached hydrogens (primary N) is 1. The molecule has 0 saturated heterocycles. The Balaban J connectivity index is 2.79. The smallest absolute Gasteiger partial charge is 0.332 e. The van der Waals surface area contributed by atoms with Gasteiger partial charge in [0, 0.05) is 0 Å². The lowest BCUT2D eigenvalue weighted by Crippen LogP contribution is -2.35. The standard InChI is InChI=1S/C11H19N3O2/c1-7-4-5-8(11(2,3)16)6-9(7)13-14-10(12)15/h4,8,16H,5-6H2,1-3H3,(H3,12,14,15)/b13-9+/t8-/m1/s1. The third-order valence-corrected chi connectivity index (χ3v) is 2.90. The third-order valence-electron chi connectivity index (χ3n) is 2.90. The maximum atomic E-state index is 10.6. The molecule has 0 aromatic carbocycles. The monoisotopic (exact) mass is 225 g/mol. The van der Waals surface area contributed by atoms with Gasteiger partial charge in [-0.3, -0.25) is 0 Å². The molecule has 5 nitrogen and oxygen atoms in total. The number of hydrazone groups is 1. The first-order valence-electron chi connectivity index (χ1n) is 5.32. The number of primary amides is 1. The van der Waals surface area contributed by atoms with Crippen molar-refractivity contribution in [2.75, 3.05) is 0 Å². The Hall–Kier alpha value is -1.36. The van der Waals surface area contributed by atoms with Gasteiger partial charge in [-0.2, -0.15) is 5.10 Å². The van der Waals surface area contributed by atoms with Crippen molar-refractivity contribution in [1.29, 1.82) is 0 Å². The summed E-state index contributed by atoms with van der Waals surface area (Å²) in [5, 5.41) is 13.9. The number of urea groups is 1. The Morgan fingerprint density at radius 2 is 2.31 bits per heavy atom. The lowest BCUT2D eigenvalue weighted by Gasteiger charge is -2.31. The minimum Gasteiger partial charge on any atom is -0.390 e. The van der Waals surface area contributed by atoms with Gasteiger partial charge >= 0.3 is 6.03 Å². The van der Waals surface area contributed by atoms with Crippen molar-refractivity contribution >= 4 is 11.7 Å². The predicted molar refractivity (Wildman–Crippen MR) is 62.9 cm³/mol. The third kappa shape index (κ3) is 3.34. The van der Waals surface area contributed by atoms with E-state index in [1.807, 2.05) is 13.0 Å². The number of hydrogen-bond donors (Lipinski definition) is 3. The van der Waals surface area contributed by atoms with Gasteiger partial charge < -0.3 is 10.8 Å². The molecule has 1 rings (SSSR count). The number of nitrogens with zero attached hydrogens (tertiary/aromatic N) is 1. The van der Waals surface area contributed by atoms with E-state index in [-0.39, 0.29) is 5.92 Å². The summed E-state index contributed by atoms with van der Waals surface area (Å²) in [7, 11) is 0. The molecule has 0 aromatic heterocycles. The largest absolute Gasteiger partial charge is 0.390 e. The van der Waals surface area contributed by atoms with Gasteiger partial charge in [-0.15, -0.1) is 0 Å². The van der Waals surface area contributed by atoms with Gasteiger partial charge in [-0.05, 0) is 45.1 Å². The summed E-state index contributed by atoms with van der Waals surface area (Å²) in [6.45, 7) is 5.50. The second-order valence-corrected chi connectivity index (χ2v) is 4.71. The second kappa shape index (κ2) is 4.65.